The molecule has 2 fully saturated rings. The Balaban J connectivity index is 2.18. The first-order valence-corrected chi connectivity index (χ1v) is 4.81. The molecule has 0 aromatic rings. The number of nitrogens with zero attached hydrogens (tertiary/aromatic N) is 1. The average molecular weight is 167 g/mol. The Labute approximate surface area is 73.9 Å². The predicted molar refractivity (Wildman–Crippen MR) is 47.7 cm³/mol. The first-order valence-electron chi connectivity index (χ1n) is 4.81. The molecule has 12 heavy (non-hydrogen) atoms. The maximum absolute atomic E-state index is 11.5. The summed E-state index contributed by atoms with van der Waals surface area (Å²) < 4.78 is 0. The highest BCUT2D eigenvalue weighted by molar-refractivity contribution is 5.77. The van der Waals surface area contributed by atoms with Crippen molar-refractivity contribution in [3.63, 3.8) is 0 Å². The smallest absolute Gasteiger partial charge is 0.222 e. The van der Waals surface area contributed by atoms with Gasteiger partial charge in [0.25, 0.3) is 0 Å². The molecule has 0 aromatic carbocycles. The largest absolute Gasteiger partial charge is 0.342 e. The van der Waals surface area contributed by atoms with Crippen LogP contribution in [0, 0.1) is 11.3 Å². The van der Waals surface area contributed by atoms with E-state index >= 15 is 0 Å². The quantitative estimate of drug-likeness (QED) is 0.537. The molecule has 2 rings (SSSR count). The zero-order valence-corrected chi connectivity index (χ0v) is 8.13. The lowest BCUT2D eigenvalue weighted by Gasteiger charge is -2.18. The Morgan fingerprint density at radius 2 is 2.17 bits per heavy atom. The molecule has 2 aliphatic rings. The molecule has 2 atom stereocenters. The van der Waals surface area contributed by atoms with Gasteiger partial charge in [-0.05, 0) is 24.2 Å². The molecule has 1 aliphatic heterocycles. The van der Waals surface area contributed by atoms with Crippen molar-refractivity contribution in [3.05, 3.63) is 0 Å². The summed E-state index contributed by atoms with van der Waals surface area (Å²) in [6.07, 6.45) is 3.10. The number of rotatable bonds is 0. The molecule has 0 N–H and O–H groups in total. The molecule has 0 bridgehead atoms. The van der Waals surface area contributed by atoms with Crippen LogP contribution in [0.4, 0.5) is 0 Å². The summed E-state index contributed by atoms with van der Waals surface area (Å²) in [7, 11) is 1.96. The van der Waals surface area contributed by atoms with Crippen LogP contribution in [0.3, 0.4) is 0 Å². The SMILES string of the molecule is CN1C(=O)CCCC2C1C2(C)C. The van der Waals surface area contributed by atoms with Gasteiger partial charge < -0.3 is 4.90 Å². The minimum absolute atomic E-state index is 0.341. The summed E-state index contributed by atoms with van der Waals surface area (Å²) >= 11 is 0. The van der Waals surface area contributed by atoms with Gasteiger partial charge in [0.1, 0.15) is 0 Å². The van der Waals surface area contributed by atoms with Crippen LogP contribution in [0.15, 0.2) is 0 Å². The van der Waals surface area contributed by atoms with E-state index in [4.69, 9.17) is 0 Å². The second kappa shape index (κ2) is 2.24. The number of hydrogen-bond acceptors (Lipinski definition) is 1. The Kier molecular flexibility index (Phi) is 1.51. The third-order valence-corrected chi connectivity index (χ3v) is 3.71. The Bertz CT molecular complexity index is 222. The lowest BCUT2D eigenvalue weighted by molar-refractivity contribution is -0.130. The summed E-state index contributed by atoms with van der Waals surface area (Å²) in [6.45, 7) is 4.55. The third kappa shape index (κ3) is 0.900. The Morgan fingerprint density at radius 1 is 1.50 bits per heavy atom. The number of carbonyl (C=O) groups is 1. The van der Waals surface area contributed by atoms with Crippen molar-refractivity contribution in [1.29, 1.82) is 0 Å². The van der Waals surface area contributed by atoms with Crippen molar-refractivity contribution in [3.8, 4) is 0 Å². The summed E-state index contributed by atoms with van der Waals surface area (Å²) in [6, 6.07) is 0.535. The van der Waals surface area contributed by atoms with E-state index in [1.54, 1.807) is 0 Å². The fourth-order valence-corrected chi connectivity index (χ4v) is 2.82. The molecule has 1 aliphatic carbocycles. The van der Waals surface area contributed by atoms with Crippen LogP contribution in [-0.2, 0) is 4.79 Å². The first kappa shape index (κ1) is 8.09. The Morgan fingerprint density at radius 3 is 2.83 bits per heavy atom. The van der Waals surface area contributed by atoms with E-state index in [-0.39, 0.29) is 0 Å². The van der Waals surface area contributed by atoms with E-state index < -0.39 is 0 Å². The van der Waals surface area contributed by atoms with Crippen LogP contribution in [0.5, 0.6) is 0 Å². The van der Waals surface area contributed by atoms with Gasteiger partial charge in [0.05, 0.1) is 0 Å². The first-order chi connectivity index (χ1) is 5.55. The van der Waals surface area contributed by atoms with Crippen molar-refractivity contribution in [2.75, 3.05) is 7.05 Å². The summed E-state index contributed by atoms with van der Waals surface area (Å²) in [5.74, 6) is 1.11. The number of hydrogen-bond donors (Lipinski definition) is 0. The van der Waals surface area contributed by atoms with Gasteiger partial charge in [0.2, 0.25) is 5.91 Å². The molecular formula is C10H17NO. The fourth-order valence-electron chi connectivity index (χ4n) is 2.82. The molecule has 1 saturated carbocycles. The van der Waals surface area contributed by atoms with Gasteiger partial charge in [-0.15, -0.1) is 0 Å². The lowest BCUT2D eigenvalue weighted by Crippen LogP contribution is -2.30. The van der Waals surface area contributed by atoms with Crippen molar-refractivity contribution < 1.29 is 4.79 Å². The molecule has 68 valence electrons. The highest BCUT2D eigenvalue weighted by atomic mass is 16.2. The second-order valence-corrected chi connectivity index (χ2v) is 4.77. The third-order valence-electron chi connectivity index (χ3n) is 3.71. The maximum Gasteiger partial charge on any atom is 0.222 e. The maximum atomic E-state index is 11.5. The molecule has 1 amide bonds. The minimum atomic E-state index is 0.341. The number of amides is 1. The average Bonchev–Trinajstić information content (AvgIpc) is 2.55. The van der Waals surface area contributed by atoms with E-state index in [1.807, 2.05) is 11.9 Å². The van der Waals surface area contributed by atoms with Crippen LogP contribution in [0.25, 0.3) is 0 Å². The molecule has 0 aromatic heterocycles. The van der Waals surface area contributed by atoms with Crippen LogP contribution in [0.2, 0.25) is 0 Å². The number of carbonyl (C=O) groups excluding carboxylic acids is 1. The van der Waals surface area contributed by atoms with E-state index in [9.17, 15) is 4.79 Å². The number of likely N-dealkylation sites (tertiary alicyclic amines) is 1. The molecule has 2 heteroatoms. The van der Waals surface area contributed by atoms with Crippen LogP contribution < -0.4 is 0 Å². The minimum Gasteiger partial charge on any atom is -0.342 e. The van der Waals surface area contributed by atoms with Gasteiger partial charge >= 0.3 is 0 Å². The van der Waals surface area contributed by atoms with Gasteiger partial charge in [0.15, 0.2) is 0 Å². The van der Waals surface area contributed by atoms with Crippen molar-refractivity contribution in [2.45, 2.75) is 39.2 Å². The molecule has 1 heterocycles. The fraction of sp³-hybridized carbons (Fsp3) is 0.900. The van der Waals surface area contributed by atoms with Crippen molar-refractivity contribution in [2.24, 2.45) is 11.3 Å². The van der Waals surface area contributed by atoms with Crippen LogP contribution in [-0.4, -0.2) is 23.9 Å². The van der Waals surface area contributed by atoms with Gasteiger partial charge in [0, 0.05) is 19.5 Å². The molecule has 0 radical (unpaired) electrons. The molecule has 1 saturated heterocycles. The van der Waals surface area contributed by atoms with Crippen LogP contribution >= 0.6 is 0 Å². The standard InChI is InChI=1S/C10H17NO/c1-10(2)7-5-4-6-8(12)11(3)9(7)10/h7,9H,4-6H2,1-3H3. The highest BCUT2D eigenvalue weighted by Crippen LogP contribution is 2.58. The Hall–Kier alpha value is -0.530. The van der Waals surface area contributed by atoms with Gasteiger partial charge in [-0.3, -0.25) is 4.79 Å². The molecule has 0 spiro atoms. The van der Waals surface area contributed by atoms with Crippen molar-refractivity contribution in [1.82, 2.24) is 4.90 Å². The monoisotopic (exact) mass is 167 g/mol. The zero-order chi connectivity index (χ0) is 8.93. The van der Waals surface area contributed by atoms with E-state index in [1.165, 1.54) is 6.42 Å². The summed E-state index contributed by atoms with van der Waals surface area (Å²) in [5.41, 5.74) is 0.394. The normalized spacial score (nSPS) is 38.9. The zero-order valence-electron chi connectivity index (χ0n) is 8.13. The second-order valence-electron chi connectivity index (χ2n) is 4.77. The summed E-state index contributed by atoms with van der Waals surface area (Å²) in [5, 5.41) is 0. The van der Waals surface area contributed by atoms with Gasteiger partial charge in [-0.1, -0.05) is 13.8 Å². The lowest BCUT2D eigenvalue weighted by atomic mass is 10.0. The molecule has 2 nitrogen and oxygen atoms in total. The summed E-state index contributed by atoms with van der Waals surface area (Å²) in [4.78, 5) is 13.4. The number of fused-ring (bicyclic) bond motifs is 1. The van der Waals surface area contributed by atoms with Crippen LogP contribution in [0.1, 0.15) is 33.1 Å². The highest BCUT2D eigenvalue weighted by Gasteiger charge is 2.60. The van der Waals surface area contributed by atoms with Gasteiger partial charge in [-0.25, -0.2) is 0 Å². The molecule has 2 unspecified atom stereocenters. The van der Waals surface area contributed by atoms with Crippen molar-refractivity contribution >= 4 is 5.91 Å². The van der Waals surface area contributed by atoms with E-state index in [0.717, 1.165) is 18.8 Å². The molecular weight excluding hydrogens is 150 g/mol. The van der Waals surface area contributed by atoms with E-state index in [0.29, 0.717) is 17.4 Å². The van der Waals surface area contributed by atoms with E-state index in [2.05, 4.69) is 13.8 Å². The predicted octanol–water partition coefficient (Wildman–Crippen LogP) is 1.65. The van der Waals surface area contributed by atoms with Gasteiger partial charge in [-0.2, -0.15) is 0 Å². The topological polar surface area (TPSA) is 20.3 Å².